The number of ether oxygens (including phenoxy) is 1. The largest absolute Gasteiger partial charge is 0.497 e. The molecule has 3 rings (SSSR count). The summed E-state index contributed by atoms with van der Waals surface area (Å²) in [4.78, 5) is 12.1. The molecule has 2 heteroatoms. The maximum absolute atomic E-state index is 12.1. The smallest absolute Gasteiger partial charge is 0.164 e. The van der Waals surface area contributed by atoms with Gasteiger partial charge < -0.3 is 4.74 Å². The van der Waals surface area contributed by atoms with Crippen LogP contribution < -0.4 is 4.74 Å². The fraction of sp³-hybridized carbons (Fsp3) is 0.235. The van der Waals surface area contributed by atoms with E-state index in [2.05, 4.69) is 25.1 Å². The Hall–Kier alpha value is -2.09. The van der Waals surface area contributed by atoms with E-state index in [1.54, 1.807) is 7.11 Å². The van der Waals surface area contributed by atoms with Gasteiger partial charge in [0.25, 0.3) is 0 Å². The van der Waals surface area contributed by atoms with Gasteiger partial charge in [0, 0.05) is 17.9 Å². The molecule has 0 heterocycles. The first kappa shape index (κ1) is 12.0. The van der Waals surface area contributed by atoms with E-state index in [1.165, 1.54) is 11.1 Å². The lowest BCUT2D eigenvalue weighted by molar-refractivity contribution is 0.0991. The zero-order valence-corrected chi connectivity index (χ0v) is 11.1. The molecule has 1 aliphatic rings. The highest BCUT2D eigenvalue weighted by Crippen LogP contribution is 2.39. The van der Waals surface area contributed by atoms with Gasteiger partial charge in [-0.3, -0.25) is 4.79 Å². The second kappa shape index (κ2) is 4.54. The van der Waals surface area contributed by atoms with Crippen LogP contribution in [0.1, 0.15) is 39.4 Å². The Labute approximate surface area is 113 Å². The second-order valence-electron chi connectivity index (χ2n) is 5.05. The Morgan fingerprint density at radius 3 is 2.74 bits per heavy atom. The van der Waals surface area contributed by atoms with E-state index in [0.717, 1.165) is 16.9 Å². The van der Waals surface area contributed by atoms with E-state index in [-0.39, 0.29) is 11.7 Å². The number of fused-ring (bicyclic) bond motifs is 1. The van der Waals surface area contributed by atoms with Crippen molar-refractivity contribution in [3.05, 3.63) is 64.7 Å². The SMILES string of the molecule is COc1ccc2c(c1)[C@H](c1cccc(C)c1)CC2=O. The average molecular weight is 252 g/mol. The minimum absolute atomic E-state index is 0.164. The van der Waals surface area contributed by atoms with Crippen LogP contribution in [0.2, 0.25) is 0 Å². The second-order valence-corrected chi connectivity index (χ2v) is 5.05. The lowest BCUT2D eigenvalue weighted by Gasteiger charge is -2.12. The van der Waals surface area contributed by atoms with Crippen LogP contribution in [0.25, 0.3) is 0 Å². The number of hydrogen-bond acceptors (Lipinski definition) is 2. The van der Waals surface area contributed by atoms with Crippen LogP contribution in [0, 0.1) is 6.92 Å². The number of carbonyl (C=O) groups is 1. The van der Waals surface area contributed by atoms with Gasteiger partial charge in [0.2, 0.25) is 0 Å². The fourth-order valence-electron chi connectivity index (χ4n) is 2.80. The van der Waals surface area contributed by atoms with Crippen molar-refractivity contribution >= 4 is 5.78 Å². The summed E-state index contributed by atoms with van der Waals surface area (Å²) in [5.41, 5.74) is 4.36. The van der Waals surface area contributed by atoms with Crippen LogP contribution in [0.5, 0.6) is 5.75 Å². The molecule has 0 amide bonds. The zero-order valence-electron chi connectivity index (χ0n) is 11.1. The highest BCUT2D eigenvalue weighted by atomic mass is 16.5. The van der Waals surface area contributed by atoms with Crippen LogP contribution in [0.15, 0.2) is 42.5 Å². The summed E-state index contributed by atoms with van der Waals surface area (Å²) in [6.07, 6.45) is 0.561. The van der Waals surface area contributed by atoms with Crippen molar-refractivity contribution in [2.24, 2.45) is 0 Å². The van der Waals surface area contributed by atoms with Crippen LogP contribution in [0.3, 0.4) is 0 Å². The van der Waals surface area contributed by atoms with Crippen LogP contribution in [0.4, 0.5) is 0 Å². The van der Waals surface area contributed by atoms with E-state index in [0.29, 0.717) is 6.42 Å². The lowest BCUT2D eigenvalue weighted by Crippen LogP contribution is -1.97. The molecule has 0 fully saturated rings. The van der Waals surface area contributed by atoms with Crippen molar-refractivity contribution in [1.29, 1.82) is 0 Å². The molecule has 0 radical (unpaired) electrons. The van der Waals surface area contributed by atoms with Crippen molar-refractivity contribution in [3.8, 4) is 5.75 Å². The lowest BCUT2D eigenvalue weighted by atomic mass is 9.92. The molecule has 2 aromatic rings. The Morgan fingerprint density at radius 2 is 2.00 bits per heavy atom. The van der Waals surface area contributed by atoms with Gasteiger partial charge in [-0.1, -0.05) is 29.8 Å². The molecule has 19 heavy (non-hydrogen) atoms. The fourth-order valence-corrected chi connectivity index (χ4v) is 2.80. The number of carbonyl (C=O) groups excluding carboxylic acids is 1. The predicted octanol–water partition coefficient (Wildman–Crippen LogP) is 3.72. The van der Waals surface area contributed by atoms with Crippen molar-refractivity contribution in [1.82, 2.24) is 0 Å². The Morgan fingerprint density at radius 1 is 1.16 bits per heavy atom. The number of methoxy groups -OCH3 is 1. The van der Waals surface area contributed by atoms with Gasteiger partial charge in [0.15, 0.2) is 5.78 Å². The Balaban J connectivity index is 2.10. The minimum Gasteiger partial charge on any atom is -0.497 e. The molecule has 1 atom stereocenters. The van der Waals surface area contributed by atoms with Crippen LogP contribution in [-0.2, 0) is 0 Å². The van der Waals surface area contributed by atoms with E-state index < -0.39 is 0 Å². The molecule has 0 unspecified atom stereocenters. The number of rotatable bonds is 2. The number of ketones is 1. The molecule has 0 aromatic heterocycles. The van der Waals surface area contributed by atoms with E-state index >= 15 is 0 Å². The Bertz CT molecular complexity index is 643. The first-order valence-corrected chi connectivity index (χ1v) is 6.47. The van der Waals surface area contributed by atoms with Gasteiger partial charge in [0.1, 0.15) is 5.75 Å². The average Bonchev–Trinajstić information content (AvgIpc) is 2.75. The van der Waals surface area contributed by atoms with Crippen LogP contribution in [-0.4, -0.2) is 12.9 Å². The monoisotopic (exact) mass is 252 g/mol. The van der Waals surface area contributed by atoms with Gasteiger partial charge >= 0.3 is 0 Å². The number of hydrogen-bond donors (Lipinski definition) is 0. The van der Waals surface area contributed by atoms with E-state index in [4.69, 9.17) is 4.74 Å². The summed E-state index contributed by atoms with van der Waals surface area (Å²) >= 11 is 0. The zero-order chi connectivity index (χ0) is 13.4. The summed E-state index contributed by atoms with van der Waals surface area (Å²) in [5, 5.41) is 0. The summed E-state index contributed by atoms with van der Waals surface area (Å²) in [5.74, 6) is 1.20. The number of Topliss-reactive ketones (excluding diaryl/α,β-unsaturated/α-hetero) is 1. The minimum atomic E-state index is 0.164. The standard InChI is InChI=1S/C17H16O2/c1-11-4-3-5-12(8-11)15-10-17(18)14-7-6-13(19-2)9-16(14)15/h3-9,15H,10H2,1-2H3/t15-/m0/s1. The summed E-state index contributed by atoms with van der Waals surface area (Å²) in [7, 11) is 1.65. The molecule has 0 N–H and O–H groups in total. The van der Waals surface area contributed by atoms with Gasteiger partial charge in [-0.05, 0) is 36.2 Å². The molecular weight excluding hydrogens is 236 g/mol. The third kappa shape index (κ3) is 2.03. The van der Waals surface area contributed by atoms with Gasteiger partial charge in [0.05, 0.1) is 7.11 Å². The number of benzene rings is 2. The maximum Gasteiger partial charge on any atom is 0.164 e. The quantitative estimate of drug-likeness (QED) is 0.814. The van der Waals surface area contributed by atoms with Crippen molar-refractivity contribution in [2.45, 2.75) is 19.3 Å². The first-order valence-electron chi connectivity index (χ1n) is 6.47. The van der Waals surface area contributed by atoms with Crippen molar-refractivity contribution in [2.75, 3.05) is 7.11 Å². The molecule has 0 aliphatic heterocycles. The Kier molecular flexibility index (Phi) is 2.86. The third-order valence-electron chi connectivity index (χ3n) is 3.77. The molecule has 0 saturated heterocycles. The highest BCUT2D eigenvalue weighted by Gasteiger charge is 2.30. The molecule has 96 valence electrons. The summed E-state index contributed by atoms with van der Waals surface area (Å²) in [6, 6.07) is 14.1. The number of aryl methyl sites for hydroxylation is 1. The normalized spacial score (nSPS) is 17.4. The van der Waals surface area contributed by atoms with Gasteiger partial charge in [-0.15, -0.1) is 0 Å². The van der Waals surface area contributed by atoms with Crippen molar-refractivity contribution in [3.63, 3.8) is 0 Å². The summed E-state index contributed by atoms with van der Waals surface area (Å²) in [6.45, 7) is 2.08. The van der Waals surface area contributed by atoms with Crippen LogP contribution >= 0.6 is 0 Å². The molecule has 0 bridgehead atoms. The topological polar surface area (TPSA) is 26.3 Å². The first-order chi connectivity index (χ1) is 9.19. The van der Waals surface area contributed by atoms with E-state index in [9.17, 15) is 4.79 Å². The van der Waals surface area contributed by atoms with Gasteiger partial charge in [-0.25, -0.2) is 0 Å². The van der Waals surface area contributed by atoms with Crippen molar-refractivity contribution < 1.29 is 9.53 Å². The molecule has 0 spiro atoms. The molecule has 2 nitrogen and oxygen atoms in total. The molecule has 1 aliphatic carbocycles. The van der Waals surface area contributed by atoms with E-state index in [1.807, 2.05) is 24.3 Å². The third-order valence-corrected chi connectivity index (χ3v) is 3.77. The summed E-state index contributed by atoms with van der Waals surface area (Å²) < 4.78 is 5.27. The predicted molar refractivity (Wildman–Crippen MR) is 75.0 cm³/mol. The highest BCUT2D eigenvalue weighted by molar-refractivity contribution is 6.02. The molecule has 2 aromatic carbocycles. The maximum atomic E-state index is 12.1. The van der Waals surface area contributed by atoms with Gasteiger partial charge in [-0.2, -0.15) is 0 Å². The molecule has 0 saturated carbocycles. The molecular formula is C17H16O2.